The van der Waals surface area contributed by atoms with Crippen LogP contribution in [0.4, 0.5) is 17.1 Å². The lowest BCUT2D eigenvalue weighted by Crippen LogP contribution is -2.09. The Morgan fingerprint density at radius 2 is 0.707 bits per heavy atom. The normalized spacial score (nSPS) is 11.4. The molecule has 41 heavy (non-hydrogen) atoms. The molecule has 0 radical (unpaired) electrons. The van der Waals surface area contributed by atoms with E-state index in [1.54, 1.807) is 0 Å². The van der Waals surface area contributed by atoms with Gasteiger partial charge in [-0.3, -0.25) is 0 Å². The fourth-order valence-corrected chi connectivity index (χ4v) is 6.24. The molecule has 0 unspecified atom stereocenters. The van der Waals surface area contributed by atoms with Crippen molar-refractivity contribution < 1.29 is 0 Å². The zero-order valence-corrected chi connectivity index (χ0v) is 22.5. The Morgan fingerprint density at radius 1 is 0.268 bits per heavy atom. The molecule has 0 saturated carbocycles. The van der Waals surface area contributed by atoms with E-state index >= 15 is 0 Å². The van der Waals surface area contributed by atoms with Crippen LogP contribution in [0, 0.1) is 0 Å². The van der Waals surface area contributed by atoms with Crippen LogP contribution in [-0.4, -0.2) is 0 Å². The Morgan fingerprint density at radius 3 is 1.32 bits per heavy atom. The molecule has 192 valence electrons. The van der Waals surface area contributed by atoms with Crippen molar-refractivity contribution in [1.82, 2.24) is 0 Å². The molecule has 1 heteroatoms. The Bertz CT molecular complexity index is 2120. The highest BCUT2D eigenvalue weighted by molar-refractivity contribution is 6.25. The zero-order valence-electron chi connectivity index (χ0n) is 22.5. The third-order valence-corrected chi connectivity index (χ3v) is 8.19. The molecule has 0 aliphatic rings. The number of rotatable bonds is 4. The maximum Gasteiger partial charge on any atom is 0.0468 e. The van der Waals surface area contributed by atoms with E-state index in [9.17, 15) is 0 Å². The smallest absolute Gasteiger partial charge is 0.0468 e. The van der Waals surface area contributed by atoms with Crippen LogP contribution in [0.1, 0.15) is 0 Å². The van der Waals surface area contributed by atoms with Crippen molar-refractivity contribution in [3.05, 3.63) is 164 Å². The van der Waals surface area contributed by atoms with Crippen LogP contribution < -0.4 is 4.90 Å². The van der Waals surface area contributed by atoms with Gasteiger partial charge < -0.3 is 4.90 Å². The van der Waals surface area contributed by atoms with E-state index in [1.807, 2.05) is 0 Å². The summed E-state index contributed by atoms with van der Waals surface area (Å²) >= 11 is 0. The molecule has 8 rings (SSSR count). The van der Waals surface area contributed by atoms with E-state index in [-0.39, 0.29) is 0 Å². The lowest BCUT2D eigenvalue weighted by molar-refractivity contribution is 1.29. The SMILES string of the molecule is c1ccc(N(c2ccccc2)c2ccc3cc(-c4ccc5c6ccccc6c6ccccc6c5c4)ccc3c2)cc1. The second-order valence-corrected chi connectivity index (χ2v) is 10.6. The maximum absolute atomic E-state index is 2.37. The Balaban J connectivity index is 1.25. The van der Waals surface area contributed by atoms with Crippen molar-refractivity contribution in [3.63, 3.8) is 0 Å². The van der Waals surface area contributed by atoms with Gasteiger partial charge in [-0.15, -0.1) is 0 Å². The summed E-state index contributed by atoms with van der Waals surface area (Å²) in [6, 6.07) is 59.2. The quantitative estimate of drug-likeness (QED) is 0.208. The molecule has 8 aromatic carbocycles. The number of nitrogens with zero attached hydrogens (tertiary/aromatic N) is 1. The number of hydrogen-bond donors (Lipinski definition) is 0. The minimum absolute atomic E-state index is 1.14. The molecule has 0 spiro atoms. The third kappa shape index (κ3) is 4.02. The predicted molar refractivity (Wildman–Crippen MR) is 177 cm³/mol. The molecule has 1 nitrogen and oxygen atoms in total. The molecular formula is C40H27N. The average molecular weight is 522 g/mol. The van der Waals surface area contributed by atoms with Crippen LogP contribution >= 0.6 is 0 Å². The summed E-state index contributed by atoms with van der Waals surface area (Å²) in [5, 5.41) is 10.3. The van der Waals surface area contributed by atoms with Gasteiger partial charge in [0, 0.05) is 17.1 Å². The van der Waals surface area contributed by atoms with E-state index in [0.717, 1.165) is 17.1 Å². The fourth-order valence-electron chi connectivity index (χ4n) is 6.24. The van der Waals surface area contributed by atoms with E-state index in [0.29, 0.717) is 0 Å². The number of para-hydroxylation sites is 2. The van der Waals surface area contributed by atoms with Crippen LogP contribution in [0.25, 0.3) is 54.2 Å². The van der Waals surface area contributed by atoms with Crippen molar-refractivity contribution in [2.45, 2.75) is 0 Å². The van der Waals surface area contributed by atoms with Gasteiger partial charge in [-0.1, -0.05) is 115 Å². The Labute approximate surface area is 239 Å². The highest BCUT2D eigenvalue weighted by Gasteiger charge is 2.13. The first-order chi connectivity index (χ1) is 20.3. The summed E-state index contributed by atoms with van der Waals surface area (Å²) in [6.07, 6.45) is 0. The van der Waals surface area contributed by atoms with Gasteiger partial charge in [-0.2, -0.15) is 0 Å². The molecule has 0 atom stereocenters. The van der Waals surface area contributed by atoms with Gasteiger partial charge in [0.15, 0.2) is 0 Å². The molecular weight excluding hydrogens is 494 g/mol. The summed E-state index contributed by atoms with van der Waals surface area (Å²) < 4.78 is 0. The van der Waals surface area contributed by atoms with Crippen molar-refractivity contribution in [3.8, 4) is 11.1 Å². The highest BCUT2D eigenvalue weighted by Crippen LogP contribution is 2.39. The summed E-state index contributed by atoms with van der Waals surface area (Å²) in [7, 11) is 0. The van der Waals surface area contributed by atoms with Gasteiger partial charge in [-0.25, -0.2) is 0 Å². The van der Waals surface area contributed by atoms with E-state index in [4.69, 9.17) is 0 Å². The van der Waals surface area contributed by atoms with Crippen molar-refractivity contribution in [2.24, 2.45) is 0 Å². The Hall–Kier alpha value is -5.40. The highest BCUT2D eigenvalue weighted by atomic mass is 15.1. The second-order valence-electron chi connectivity index (χ2n) is 10.6. The van der Waals surface area contributed by atoms with Crippen LogP contribution in [0.2, 0.25) is 0 Å². The van der Waals surface area contributed by atoms with Crippen LogP contribution in [-0.2, 0) is 0 Å². The largest absolute Gasteiger partial charge is 0.310 e. The number of hydrogen-bond acceptors (Lipinski definition) is 1. The summed E-state index contributed by atoms with van der Waals surface area (Å²) in [5.74, 6) is 0. The van der Waals surface area contributed by atoms with Crippen LogP contribution in [0.3, 0.4) is 0 Å². The molecule has 0 fully saturated rings. The van der Waals surface area contributed by atoms with Gasteiger partial charge in [0.05, 0.1) is 0 Å². The topological polar surface area (TPSA) is 3.24 Å². The average Bonchev–Trinajstić information content (AvgIpc) is 3.05. The first-order valence-corrected chi connectivity index (χ1v) is 14.1. The second kappa shape index (κ2) is 9.66. The molecule has 0 N–H and O–H groups in total. The predicted octanol–water partition coefficient (Wildman–Crippen LogP) is 11.4. The molecule has 0 saturated heterocycles. The maximum atomic E-state index is 2.37. The third-order valence-electron chi connectivity index (χ3n) is 8.19. The van der Waals surface area contributed by atoms with Gasteiger partial charge in [0.2, 0.25) is 0 Å². The van der Waals surface area contributed by atoms with Crippen molar-refractivity contribution >= 4 is 60.2 Å². The van der Waals surface area contributed by atoms with Gasteiger partial charge >= 0.3 is 0 Å². The molecule has 0 amide bonds. The van der Waals surface area contributed by atoms with Crippen molar-refractivity contribution in [1.29, 1.82) is 0 Å². The van der Waals surface area contributed by atoms with Crippen molar-refractivity contribution in [2.75, 3.05) is 4.90 Å². The molecule has 0 bridgehead atoms. The fraction of sp³-hybridized carbons (Fsp3) is 0. The van der Waals surface area contributed by atoms with Crippen LogP contribution in [0.5, 0.6) is 0 Å². The number of benzene rings is 8. The number of anilines is 3. The molecule has 0 aromatic heterocycles. The minimum Gasteiger partial charge on any atom is -0.310 e. The molecule has 0 heterocycles. The summed E-state index contributed by atoms with van der Waals surface area (Å²) in [5.41, 5.74) is 5.90. The van der Waals surface area contributed by atoms with E-state index in [1.165, 1.54) is 54.2 Å². The van der Waals surface area contributed by atoms with Gasteiger partial charge in [0.25, 0.3) is 0 Å². The molecule has 0 aliphatic heterocycles. The van der Waals surface area contributed by atoms with E-state index in [2.05, 4.69) is 169 Å². The Kier molecular flexibility index (Phi) is 5.53. The molecule has 8 aromatic rings. The molecule has 0 aliphatic carbocycles. The first-order valence-electron chi connectivity index (χ1n) is 14.1. The first kappa shape index (κ1) is 23.5. The standard InChI is InChI=1S/C40H27N/c1-3-11-32(12-4-1)41(33-13-5-2-6-14-33)34-23-21-29-25-28(19-20-30(29)26-34)31-22-24-39-37-17-8-7-15-35(37)36-16-9-10-18-38(36)40(39)27-31/h1-27H. The lowest BCUT2D eigenvalue weighted by atomic mass is 9.91. The van der Waals surface area contributed by atoms with Gasteiger partial charge in [0.1, 0.15) is 0 Å². The zero-order chi connectivity index (χ0) is 27.2. The minimum atomic E-state index is 1.14. The number of fused-ring (bicyclic) bond motifs is 7. The summed E-state index contributed by atoms with van der Waals surface area (Å²) in [6.45, 7) is 0. The lowest BCUT2D eigenvalue weighted by Gasteiger charge is -2.25. The van der Waals surface area contributed by atoms with E-state index < -0.39 is 0 Å². The van der Waals surface area contributed by atoms with Gasteiger partial charge in [-0.05, 0) is 103 Å². The van der Waals surface area contributed by atoms with Crippen LogP contribution in [0.15, 0.2) is 164 Å². The monoisotopic (exact) mass is 521 g/mol. The summed E-state index contributed by atoms with van der Waals surface area (Å²) in [4.78, 5) is 2.31.